The van der Waals surface area contributed by atoms with Gasteiger partial charge < -0.3 is 19.9 Å². The number of methoxy groups -OCH3 is 1. The normalized spacial score (nSPS) is 10.8. The Morgan fingerprint density at radius 3 is 2.50 bits per heavy atom. The van der Waals surface area contributed by atoms with E-state index in [4.69, 9.17) is 19.9 Å². The van der Waals surface area contributed by atoms with Crippen molar-refractivity contribution in [2.45, 2.75) is 13.3 Å². The van der Waals surface area contributed by atoms with Crippen LogP contribution in [0.5, 0.6) is 0 Å². The molecule has 0 aliphatic carbocycles. The Balaban J connectivity index is 2.09. The summed E-state index contributed by atoms with van der Waals surface area (Å²) < 4.78 is 15.6. The standard InChI is InChI=1S/C13H22N2O3/c1-11-9-12(13(14)15-10-11)3-4-17-7-8-18-6-5-16-2/h9-10H,3-8H2,1-2H3,(H2,14,15). The van der Waals surface area contributed by atoms with Crippen molar-refractivity contribution in [2.24, 2.45) is 0 Å². The predicted molar refractivity (Wildman–Crippen MR) is 70.6 cm³/mol. The van der Waals surface area contributed by atoms with Crippen molar-refractivity contribution in [1.29, 1.82) is 0 Å². The van der Waals surface area contributed by atoms with Crippen molar-refractivity contribution < 1.29 is 14.2 Å². The topological polar surface area (TPSA) is 66.6 Å². The minimum atomic E-state index is 0.584. The van der Waals surface area contributed by atoms with Crippen LogP contribution in [-0.4, -0.2) is 45.1 Å². The summed E-state index contributed by atoms with van der Waals surface area (Å²) in [5.74, 6) is 0.584. The molecule has 0 saturated carbocycles. The van der Waals surface area contributed by atoms with Crippen LogP contribution in [0.3, 0.4) is 0 Å². The number of nitrogens with two attached hydrogens (primary N) is 1. The van der Waals surface area contributed by atoms with Gasteiger partial charge in [-0.3, -0.25) is 0 Å². The van der Waals surface area contributed by atoms with Crippen LogP contribution in [-0.2, 0) is 20.6 Å². The fraction of sp³-hybridized carbons (Fsp3) is 0.615. The van der Waals surface area contributed by atoms with Crippen LogP contribution >= 0.6 is 0 Å². The number of aromatic nitrogens is 1. The molecule has 18 heavy (non-hydrogen) atoms. The predicted octanol–water partition coefficient (Wildman–Crippen LogP) is 1.19. The van der Waals surface area contributed by atoms with Gasteiger partial charge in [0.05, 0.1) is 33.0 Å². The maximum Gasteiger partial charge on any atom is 0.126 e. The van der Waals surface area contributed by atoms with Gasteiger partial charge in [-0.05, 0) is 24.5 Å². The van der Waals surface area contributed by atoms with E-state index >= 15 is 0 Å². The van der Waals surface area contributed by atoms with Crippen molar-refractivity contribution in [3.05, 3.63) is 23.4 Å². The molecular formula is C13H22N2O3. The Morgan fingerprint density at radius 1 is 1.11 bits per heavy atom. The molecule has 0 bridgehead atoms. The van der Waals surface area contributed by atoms with E-state index in [9.17, 15) is 0 Å². The lowest BCUT2D eigenvalue weighted by Gasteiger charge is -2.07. The van der Waals surface area contributed by atoms with Crippen LogP contribution < -0.4 is 5.73 Å². The van der Waals surface area contributed by atoms with Gasteiger partial charge in [-0.1, -0.05) is 6.07 Å². The summed E-state index contributed by atoms with van der Waals surface area (Å²) in [6, 6.07) is 2.04. The van der Waals surface area contributed by atoms with E-state index in [1.165, 1.54) is 0 Å². The van der Waals surface area contributed by atoms with E-state index in [1.807, 2.05) is 13.0 Å². The Hall–Kier alpha value is -1.17. The third kappa shape index (κ3) is 5.95. The smallest absolute Gasteiger partial charge is 0.126 e. The van der Waals surface area contributed by atoms with Gasteiger partial charge in [-0.2, -0.15) is 0 Å². The van der Waals surface area contributed by atoms with E-state index in [-0.39, 0.29) is 0 Å². The largest absolute Gasteiger partial charge is 0.383 e. The van der Waals surface area contributed by atoms with Gasteiger partial charge in [-0.25, -0.2) is 4.98 Å². The number of pyridine rings is 1. The number of ether oxygens (including phenoxy) is 3. The molecule has 0 aromatic carbocycles. The number of hydrogen-bond donors (Lipinski definition) is 1. The number of anilines is 1. The van der Waals surface area contributed by atoms with Gasteiger partial charge >= 0.3 is 0 Å². The highest BCUT2D eigenvalue weighted by molar-refractivity contribution is 5.40. The second kappa shape index (κ2) is 8.85. The molecule has 5 nitrogen and oxygen atoms in total. The molecule has 0 spiro atoms. The Labute approximate surface area is 108 Å². The van der Waals surface area contributed by atoms with Crippen LogP contribution in [0.2, 0.25) is 0 Å². The van der Waals surface area contributed by atoms with Crippen molar-refractivity contribution in [3.8, 4) is 0 Å². The molecule has 0 atom stereocenters. The molecule has 0 aliphatic rings. The van der Waals surface area contributed by atoms with Crippen molar-refractivity contribution in [3.63, 3.8) is 0 Å². The van der Waals surface area contributed by atoms with Crippen molar-refractivity contribution >= 4 is 5.82 Å². The zero-order valence-corrected chi connectivity index (χ0v) is 11.1. The summed E-state index contributed by atoms with van der Waals surface area (Å²) in [5.41, 5.74) is 7.93. The molecule has 0 saturated heterocycles. The number of nitrogen functional groups attached to an aromatic ring is 1. The lowest BCUT2D eigenvalue weighted by atomic mass is 10.1. The maximum atomic E-state index is 5.78. The Kier molecular flexibility index (Phi) is 7.32. The summed E-state index contributed by atoms with van der Waals surface area (Å²) in [4.78, 5) is 4.11. The van der Waals surface area contributed by atoms with Crippen molar-refractivity contribution in [2.75, 3.05) is 45.9 Å². The number of rotatable bonds is 9. The zero-order valence-electron chi connectivity index (χ0n) is 11.1. The van der Waals surface area contributed by atoms with E-state index < -0.39 is 0 Å². The Bertz CT molecular complexity index is 345. The average Bonchev–Trinajstić information content (AvgIpc) is 2.36. The second-order valence-electron chi connectivity index (χ2n) is 4.02. The summed E-state index contributed by atoms with van der Waals surface area (Å²) in [6.07, 6.45) is 2.54. The van der Waals surface area contributed by atoms with E-state index in [1.54, 1.807) is 13.3 Å². The molecular weight excluding hydrogens is 232 g/mol. The Morgan fingerprint density at radius 2 is 1.78 bits per heavy atom. The molecule has 0 radical (unpaired) electrons. The van der Waals surface area contributed by atoms with Crippen LogP contribution in [0.1, 0.15) is 11.1 Å². The first-order chi connectivity index (χ1) is 8.74. The summed E-state index contributed by atoms with van der Waals surface area (Å²) in [7, 11) is 1.65. The van der Waals surface area contributed by atoms with Gasteiger partial charge in [0.2, 0.25) is 0 Å². The molecule has 102 valence electrons. The fourth-order valence-corrected chi connectivity index (χ4v) is 1.49. The number of hydrogen-bond acceptors (Lipinski definition) is 5. The first-order valence-corrected chi connectivity index (χ1v) is 6.09. The average molecular weight is 254 g/mol. The second-order valence-corrected chi connectivity index (χ2v) is 4.02. The van der Waals surface area contributed by atoms with E-state index in [2.05, 4.69) is 4.98 Å². The molecule has 2 N–H and O–H groups in total. The van der Waals surface area contributed by atoms with E-state index in [0.29, 0.717) is 38.9 Å². The van der Waals surface area contributed by atoms with Crippen LogP contribution in [0, 0.1) is 6.92 Å². The molecule has 0 aliphatic heterocycles. The molecule has 1 aromatic rings. The highest BCUT2D eigenvalue weighted by Crippen LogP contribution is 2.10. The van der Waals surface area contributed by atoms with Crippen LogP contribution in [0.15, 0.2) is 12.3 Å². The van der Waals surface area contributed by atoms with E-state index in [0.717, 1.165) is 17.5 Å². The minimum absolute atomic E-state index is 0.584. The lowest BCUT2D eigenvalue weighted by molar-refractivity contribution is 0.0256. The SMILES string of the molecule is COCCOCCOCCc1cc(C)cnc1N. The number of aryl methyl sites for hydroxylation is 1. The molecule has 0 unspecified atom stereocenters. The lowest BCUT2D eigenvalue weighted by Crippen LogP contribution is -2.10. The quantitative estimate of drug-likeness (QED) is 0.671. The summed E-state index contributed by atoms with van der Waals surface area (Å²) in [5, 5.41) is 0. The van der Waals surface area contributed by atoms with Gasteiger partial charge in [-0.15, -0.1) is 0 Å². The molecule has 0 fully saturated rings. The zero-order chi connectivity index (χ0) is 13.2. The maximum absolute atomic E-state index is 5.78. The molecule has 1 aromatic heterocycles. The summed E-state index contributed by atoms with van der Waals surface area (Å²) in [6.45, 7) is 5.03. The number of nitrogens with zero attached hydrogens (tertiary/aromatic N) is 1. The van der Waals surface area contributed by atoms with Gasteiger partial charge in [0.15, 0.2) is 0 Å². The monoisotopic (exact) mass is 254 g/mol. The van der Waals surface area contributed by atoms with Crippen LogP contribution in [0.4, 0.5) is 5.82 Å². The molecule has 1 heterocycles. The molecule has 1 rings (SSSR count). The third-order valence-corrected chi connectivity index (χ3v) is 2.46. The first kappa shape index (κ1) is 14.9. The fourth-order valence-electron chi connectivity index (χ4n) is 1.49. The van der Waals surface area contributed by atoms with Gasteiger partial charge in [0.25, 0.3) is 0 Å². The minimum Gasteiger partial charge on any atom is -0.383 e. The first-order valence-electron chi connectivity index (χ1n) is 6.09. The van der Waals surface area contributed by atoms with Crippen molar-refractivity contribution in [1.82, 2.24) is 4.98 Å². The van der Waals surface area contributed by atoms with Gasteiger partial charge in [0, 0.05) is 13.3 Å². The highest BCUT2D eigenvalue weighted by atomic mass is 16.5. The van der Waals surface area contributed by atoms with Gasteiger partial charge in [0.1, 0.15) is 5.82 Å². The van der Waals surface area contributed by atoms with Crippen LogP contribution in [0.25, 0.3) is 0 Å². The molecule has 5 heteroatoms. The third-order valence-electron chi connectivity index (χ3n) is 2.46. The summed E-state index contributed by atoms with van der Waals surface area (Å²) >= 11 is 0. The highest BCUT2D eigenvalue weighted by Gasteiger charge is 2.00. The molecule has 0 amide bonds.